The first-order valence-corrected chi connectivity index (χ1v) is 13.5. The number of piperidine rings is 2. The molecular formula is C26H36Cl2N6O3. The van der Waals surface area contributed by atoms with Gasteiger partial charge < -0.3 is 25.2 Å². The van der Waals surface area contributed by atoms with Gasteiger partial charge in [-0.15, -0.1) is 11.6 Å². The van der Waals surface area contributed by atoms with Gasteiger partial charge in [0.1, 0.15) is 11.6 Å². The van der Waals surface area contributed by atoms with E-state index in [4.69, 9.17) is 32.9 Å². The Hall–Kier alpha value is -2.62. The minimum atomic E-state index is -0.508. The summed E-state index contributed by atoms with van der Waals surface area (Å²) in [5.74, 6) is 1.93. The van der Waals surface area contributed by atoms with E-state index < -0.39 is 5.24 Å². The molecule has 0 aliphatic carbocycles. The Balaban J connectivity index is 0.000000695. The van der Waals surface area contributed by atoms with Crippen LogP contribution in [0.3, 0.4) is 0 Å². The molecule has 2 N–H and O–H groups in total. The number of hydrogen-bond acceptors (Lipinski definition) is 8. The van der Waals surface area contributed by atoms with Crippen molar-refractivity contribution in [2.45, 2.75) is 45.1 Å². The minimum absolute atomic E-state index is 0.0663. The van der Waals surface area contributed by atoms with Crippen LogP contribution in [-0.2, 0) is 4.79 Å². The number of hydrogen-bond donors (Lipinski definition) is 2. The molecule has 2 aliphatic heterocycles. The Morgan fingerprint density at radius 2 is 1.81 bits per heavy atom. The molecule has 0 unspecified atom stereocenters. The highest BCUT2D eigenvalue weighted by Gasteiger charge is 2.20. The molecule has 11 heteroatoms. The molecule has 2 fully saturated rings. The fourth-order valence-electron chi connectivity index (χ4n) is 4.40. The van der Waals surface area contributed by atoms with Gasteiger partial charge in [-0.1, -0.05) is 0 Å². The SMILES string of the molecule is COc1cc(C(=O)NC2CCN(C)CC2)ccc1Nc1ncc(C)c(N2CCCCC2)n1.O=C(Cl)CCl. The van der Waals surface area contributed by atoms with Crippen LogP contribution in [0.25, 0.3) is 0 Å². The van der Waals surface area contributed by atoms with Crippen LogP contribution in [0.2, 0.25) is 0 Å². The molecule has 3 heterocycles. The summed E-state index contributed by atoms with van der Waals surface area (Å²) in [5, 5.41) is 5.92. The van der Waals surface area contributed by atoms with Gasteiger partial charge in [-0.3, -0.25) is 9.59 Å². The molecule has 0 bridgehead atoms. The molecule has 1 aromatic carbocycles. The number of aromatic nitrogens is 2. The van der Waals surface area contributed by atoms with Crippen LogP contribution in [0, 0.1) is 6.92 Å². The van der Waals surface area contributed by atoms with Gasteiger partial charge >= 0.3 is 0 Å². The number of amides is 1. The van der Waals surface area contributed by atoms with Crippen LogP contribution < -0.4 is 20.3 Å². The number of carbonyl (C=O) groups is 2. The summed E-state index contributed by atoms with van der Waals surface area (Å²) in [4.78, 5) is 36.1. The summed E-state index contributed by atoms with van der Waals surface area (Å²) in [7, 11) is 3.72. The zero-order chi connectivity index (χ0) is 26.8. The average Bonchev–Trinajstić information content (AvgIpc) is 2.92. The number of anilines is 3. The van der Waals surface area contributed by atoms with E-state index >= 15 is 0 Å². The lowest BCUT2D eigenvalue weighted by molar-refractivity contribution is -0.109. The number of halogens is 2. The van der Waals surface area contributed by atoms with E-state index in [-0.39, 0.29) is 17.8 Å². The standard InChI is InChI=1S/C24H34N6O2.C2H2Cl2O/c1-17-16-25-24(28-22(17)30-11-5-4-6-12-30)27-20-8-7-18(15-21(20)32-3)23(31)26-19-9-13-29(2)14-10-19;3-1-2(4)5/h7-8,15-16,19H,4-6,9-14H2,1-3H3,(H,26,31)(H,25,27,28);1H2. The first-order chi connectivity index (χ1) is 17.8. The summed E-state index contributed by atoms with van der Waals surface area (Å²) < 4.78 is 5.57. The van der Waals surface area contributed by atoms with Gasteiger partial charge in [0, 0.05) is 36.5 Å². The van der Waals surface area contributed by atoms with Crippen LogP contribution in [0.5, 0.6) is 5.75 Å². The van der Waals surface area contributed by atoms with E-state index in [9.17, 15) is 9.59 Å². The molecule has 2 aromatic rings. The first-order valence-electron chi connectivity index (χ1n) is 12.6. The number of rotatable bonds is 7. The monoisotopic (exact) mass is 550 g/mol. The van der Waals surface area contributed by atoms with Gasteiger partial charge in [-0.05, 0) is 89.0 Å². The van der Waals surface area contributed by atoms with E-state index in [1.54, 1.807) is 13.2 Å². The van der Waals surface area contributed by atoms with Crippen LogP contribution >= 0.6 is 23.2 Å². The quantitative estimate of drug-likeness (QED) is 0.387. The lowest BCUT2D eigenvalue weighted by Crippen LogP contribution is -2.43. The number of aryl methyl sites for hydroxylation is 1. The molecule has 0 spiro atoms. The smallest absolute Gasteiger partial charge is 0.251 e. The molecular weight excluding hydrogens is 515 g/mol. The molecule has 0 radical (unpaired) electrons. The predicted octanol–water partition coefficient (Wildman–Crippen LogP) is 4.34. The highest BCUT2D eigenvalue weighted by molar-refractivity contribution is 6.67. The third-order valence-corrected chi connectivity index (χ3v) is 6.98. The van der Waals surface area contributed by atoms with Gasteiger partial charge in [-0.25, -0.2) is 4.98 Å². The maximum atomic E-state index is 12.8. The Morgan fingerprint density at radius 3 is 2.43 bits per heavy atom. The third kappa shape index (κ3) is 8.72. The van der Waals surface area contributed by atoms with E-state index in [0.717, 1.165) is 56.1 Å². The van der Waals surface area contributed by atoms with Crippen molar-refractivity contribution in [1.29, 1.82) is 0 Å². The molecule has 1 amide bonds. The van der Waals surface area contributed by atoms with E-state index in [2.05, 4.69) is 32.5 Å². The fraction of sp³-hybridized carbons (Fsp3) is 0.538. The van der Waals surface area contributed by atoms with Crippen molar-refractivity contribution in [1.82, 2.24) is 20.2 Å². The van der Waals surface area contributed by atoms with Crippen molar-refractivity contribution in [3.05, 3.63) is 35.5 Å². The highest BCUT2D eigenvalue weighted by Crippen LogP contribution is 2.29. The second kappa shape index (κ2) is 14.4. The Bertz CT molecular complexity index is 1060. The number of nitrogens with one attached hydrogen (secondary N) is 2. The maximum Gasteiger partial charge on any atom is 0.251 e. The van der Waals surface area contributed by atoms with Crippen molar-refractivity contribution in [3.8, 4) is 5.75 Å². The van der Waals surface area contributed by atoms with Crippen molar-refractivity contribution >= 4 is 51.8 Å². The summed E-state index contributed by atoms with van der Waals surface area (Å²) >= 11 is 9.55. The second-order valence-corrected chi connectivity index (χ2v) is 10.0. The van der Waals surface area contributed by atoms with E-state index in [1.165, 1.54) is 19.3 Å². The topological polar surface area (TPSA) is 99.7 Å². The molecule has 202 valence electrons. The number of likely N-dealkylation sites (tertiary alicyclic amines) is 1. The number of carbonyl (C=O) groups excluding carboxylic acids is 2. The van der Waals surface area contributed by atoms with Gasteiger partial charge in [0.25, 0.3) is 5.91 Å². The summed E-state index contributed by atoms with van der Waals surface area (Å²) in [6.45, 7) is 6.12. The van der Waals surface area contributed by atoms with E-state index in [0.29, 0.717) is 17.3 Å². The molecule has 37 heavy (non-hydrogen) atoms. The van der Waals surface area contributed by atoms with Crippen LogP contribution in [0.1, 0.15) is 48.0 Å². The minimum Gasteiger partial charge on any atom is -0.495 e. The molecule has 4 rings (SSSR count). The molecule has 0 atom stereocenters. The molecule has 1 aromatic heterocycles. The van der Waals surface area contributed by atoms with Crippen molar-refractivity contribution in [2.75, 3.05) is 56.4 Å². The second-order valence-electron chi connectivity index (χ2n) is 9.33. The summed E-state index contributed by atoms with van der Waals surface area (Å²) in [5.41, 5.74) is 2.40. The molecule has 9 nitrogen and oxygen atoms in total. The van der Waals surface area contributed by atoms with Gasteiger partial charge in [0.05, 0.1) is 18.7 Å². The van der Waals surface area contributed by atoms with Crippen molar-refractivity contribution < 1.29 is 14.3 Å². The number of benzene rings is 1. The number of ether oxygens (including phenoxy) is 1. The third-order valence-electron chi connectivity index (χ3n) is 6.47. The molecule has 2 aliphatic rings. The summed E-state index contributed by atoms with van der Waals surface area (Å²) in [6, 6.07) is 5.66. The number of nitrogens with zero attached hydrogens (tertiary/aromatic N) is 4. The van der Waals surface area contributed by atoms with Gasteiger partial charge in [0.15, 0.2) is 0 Å². The van der Waals surface area contributed by atoms with E-state index in [1.807, 2.05) is 25.3 Å². The Labute approximate surface area is 228 Å². The Morgan fingerprint density at radius 1 is 1.14 bits per heavy atom. The van der Waals surface area contributed by atoms with Crippen molar-refractivity contribution in [2.24, 2.45) is 0 Å². The maximum absolute atomic E-state index is 12.8. The van der Waals surface area contributed by atoms with Gasteiger partial charge in [-0.2, -0.15) is 4.98 Å². The van der Waals surface area contributed by atoms with Crippen LogP contribution in [-0.4, -0.2) is 78.3 Å². The fourth-order valence-corrected chi connectivity index (χ4v) is 4.40. The zero-order valence-electron chi connectivity index (χ0n) is 21.7. The highest BCUT2D eigenvalue weighted by atomic mass is 35.5. The van der Waals surface area contributed by atoms with Gasteiger partial charge in [0.2, 0.25) is 11.2 Å². The largest absolute Gasteiger partial charge is 0.495 e. The lowest BCUT2D eigenvalue weighted by Gasteiger charge is -2.29. The predicted molar refractivity (Wildman–Crippen MR) is 149 cm³/mol. The molecule has 2 saturated heterocycles. The lowest BCUT2D eigenvalue weighted by atomic mass is 10.0. The summed E-state index contributed by atoms with van der Waals surface area (Å²) in [6.07, 6.45) is 7.48. The van der Waals surface area contributed by atoms with Crippen molar-refractivity contribution in [3.63, 3.8) is 0 Å². The van der Waals surface area contributed by atoms with Crippen LogP contribution in [0.4, 0.5) is 17.5 Å². The number of methoxy groups -OCH3 is 1. The normalized spacial score (nSPS) is 16.4. The average molecular weight is 552 g/mol. The Kier molecular flexibility index (Phi) is 11.2. The molecule has 0 saturated carbocycles. The number of alkyl halides is 1. The van der Waals surface area contributed by atoms with Crippen LogP contribution in [0.15, 0.2) is 24.4 Å². The first kappa shape index (κ1) is 28.9. The zero-order valence-corrected chi connectivity index (χ0v) is 23.2.